The molecule has 0 saturated heterocycles. The second-order valence-corrected chi connectivity index (χ2v) is 6.70. The molecule has 29 heavy (non-hydrogen) atoms. The summed E-state index contributed by atoms with van der Waals surface area (Å²) >= 11 is 0. The van der Waals surface area contributed by atoms with Crippen LogP contribution >= 0.6 is 0 Å². The van der Waals surface area contributed by atoms with Crippen molar-refractivity contribution in [2.75, 3.05) is 0 Å². The third-order valence-electron chi connectivity index (χ3n) is 4.95. The number of aromatic nitrogens is 7. The standard InChI is InChI=1S/C21H18FN7/c1-2-29-19-7-6-17(28-13-24-25-14-28)11-18(19)26-20(29)12-27-9-8-23-21(27)15-4-3-5-16(22)10-15/h3-11,13-14H,2,12H2,1H3. The van der Waals surface area contributed by atoms with Crippen molar-refractivity contribution in [3.63, 3.8) is 0 Å². The molecular formula is C21H18FN7. The van der Waals surface area contributed by atoms with Crippen LogP contribution in [0.25, 0.3) is 28.1 Å². The maximum atomic E-state index is 13.7. The molecule has 0 amide bonds. The number of nitrogens with zero attached hydrogens (tertiary/aromatic N) is 7. The Labute approximate surface area is 166 Å². The van der Waals surface area contributed by atoms with Crippen LogP contribution in [-0.4, -0.2) is 33.9 Å². The zero-order valence-electron chi connectivity index (χ0n) is 15.8. The molecule has 3 aromatic heterocycles. The molecule has 5 aromatic rings. The van der Waals surface area contributed by atoms with Gasteiger partial charge in [-0.2, -0.15) is 0 Å². The van der Waals surface area contributed by atoms with E-state index in [9.17, 15) is 4.39 Å². The molecule has 0 saturated carbocycles. The second kappa shape index (κ2) is 6.97. The molecule has 0 fully saturated rings. The lowest BCUT2D eigenvalue weighted by Crippen LogP contribution is -2.08. The SMILES string of the molecule is CCn1c(Cn2ccnc2-c2cccc(F)c2)nc2cc(-n3cnnc3)ccc21. The van der Waals surface area contributed by atoms with Crippen molar-refractivity contribution in [1.29, 1.82) is 0 Å². The van der Waals surface area contributed by atoms with Crippen molar-refractivity contribution in [2.24, 2.45) is 0 Å². The topological polar surface area (TPSA) is 66.3 Å². The molecule has 0 atom stereocenters. The lowest BCUT2D eigenvalue weighted by atomic mass is 10.2. The van der Waals surface area contributed by atoms with E-state index in [1.54, 1.807) is 24.9 Å². The molecule has 0 unspecified atom stereocenters. The largest absolute Gasteiger partial charge is 0.327 e. The minimum Gasteiger partial charge on any atom is -0.327 e. The average molecular weight is 387 g/mol. The van der Waals surface area contributed by atoms with Crippen molar-refractivity contribution in [2.45, 2.75) is 20.0 Å². The summed E-state index contributed by atoms with van der Waals surface area (Å²) < 4.78 is 19.7. The van der Waals surface area contributed by atoms with Gasteiger partial charge in [-0.3, -0.25) is 4.57 Å². The van der Waals surface area contributed by atoms with Crippen molar-refractivity contribution < 1.29 is 4.39 Å². The summed E-state index contributed by atoms with van der Waals surface area (Å²) in [6, 6.07) is 12.6. The number of rotatable bonds is 5. The van der Waals surface area contributed by atoms with Gasteiger partial charge in [-0.25, -0.2) is 14.4 Å². The highest BCUT2D eigenvalue weighted by Gasteiger charge is 2.14. The molecule has 0 aliphatic rings. The van der Waals surface area contributed by atoms with Crippen molar-refractivity contribution in [1.82, 2.24) is 33.9 Å². The smallest absolute Gasteiger partial charge is 0.140 e. The minimum atomic E-state index is -0.278. The molecule has 5 rings (SSSR count). The van der Waals surface area contributed by atoms with Crippen molar-refractivity contribution in [3.8, 4) is 17.1 Å². The van der Waals surface area contributed by atoms with Gasteiger partial charge in [0.25, 0.3) is 0 Å². The Morgan fingerprint density at radius 3 is 2.69 bits per heavy atom. The normalized spacial score (nSPS) is 11.4. The Balaban J connectivity index is 1.55. The Morgan fingerprint density at radius 2 is 1.90 bits per heavy atom. The highest BCUT2D eigenvalue weighted by atomic mass is 19.1. The molecule has 3 heterocycles. The fourth-order valence-corrected chi connectivity index (χ4v) is 3.61. The van der Waals surface area contributed by atoms with E-state index in [0.29, 0.717) is 12.4 Å². The number of fused-ring (bicyclic) bond motifs is 1. The number of hydrogen-bond acceptors (Lipinski definition) is 4. The molecule has 144 valence electrons. The summed E-state index contributed by atoms with van der Waals surface area (Å²) in [5, 5.41) is 7.73. The Bertz CT molecular complexity index is 1280. The Kier molecular flexibility index (Phi) is 4.16. The summed E-state index contributed by atoms with van der Waals surface area (Å²) in [6.07, 6.45) is 6.94. The fourth-order valence-electron chi connectivity index (χ4n) is 3.61. The van der Waals surface area contributed by atoms with Crippen LogP contribution < -0.4 is 0 Å². The highest BCUT2D eigenvalue weighted by Crippen LogP contribution is 2.23. The van der Waals surface area contributed by atoms with Gasteiger partial charge in [-0.05, 0) is 37.3 Å². The van der Waals surface area contributed by atoms with E-state index < -0.39 is 0 Å². The number of aryl methyl sites for hydroxylation is 1. The lowest BCUT2D eigenvalue weighted by Gasteiger charge is -2.10. The molecule has 8 heteroatoms. The minimum absolute atomic E-state index is 0.278. The van der Waals surface area contributed by atoms with Gasteiger partial charge in [0, 0.05) is 24.5 Å². The lowest BCUT2D eigenvalue weighted by molar-refractivity contribution is 0.627. The number of imidazole rings is 2. The van der Waals surface area contributed by atoms with E-state index >= 15 is 0 Å². The molecule has 0 aliphatic heterocycles. The zero-order chi connectivity index (χ0) is 19.8. The number of benzene rings is 2. The van der Waals surface area contributed by atoms with Crippen LogP contribution in [0.3, 0.4) is 0 Å². The predicted octanol–water partition coefficient (Wildman–Crippen LogP) is 3.69. The van der Waals surface area contributed by atoms with Gasteiger partial charge in [0.2, 0.25) is 0 Å². The fraction of sp³-hybridized carbons (Fsp3) is 0.143. The van der Waals surface area contributed by atoms with Crippen molar-refractivity contribution >= 4 is 11.0 Å². The summed E-state index contributed by atoms with van der Waals surface area (Å²) in [5.41, 5.74) is 3.66. The van der Waals surface area contributed by atoms with E-state index in [1.165, 1.54) is 12.1 Å². The van der Waals surface area contributed by atoms with E-state index in [2.05, 4.69) is 32.7 Å². The maximum absolute atomic E-state index is 13.7. The summed E-state index contributed by atoms with van der Waals surface area (Å²) in [7, 11) is 0. The Morgan fingerprint density at radius 1 is 1.03 bits per heavy atom. The van der Waals surface area contributed by atoms with Crippen LogP contribution in [-0.2, 0) is 13.1 Å². The van der Waals surface area contributed by atoms with Crippen LogP contribution in [0.4, 0.5) is 4.39 Å². The van der Waals surface area contributed by atoms with Gasteiger partial charge in [0.1, 0.15) is 30.1 Å². The van der Waals surface area contributed by atoms with Gasteiger partial charge in [0.15, 0.2) is 0 Å². The van der Waals surface area contributed by atoms with E-state index in [1.807, 2.05) is 33.5 Å². The third kappa shape index (κ3) is 3.08. The first kappa shape index (κ1) is 17.3. The van der Waals surface area contributed by atoms with Gasteiger partial charge in [0.05, 0.1) is 23.3 Å². The molecular weight excluding hydrogens is 369 g/mol. The van der Waals surface area contributed by atoms with E-state index in [4.69, 9.17) is 4.98 Å². The Hall–Kier alpha value is -3.81. The molecule has 0 spiro atoms. The van der Waals surface area contributed by atoms with Gasteiger partial charge in [-0.1, -0.05) is 12.1 Å². The summed E-state index contributed by atoms with van der Waals surface area (Å²) in [4.78, 5) is 9.29. The quantitative estimate of drug-likeness (QED) is 0.461. The van der Waals surface area contributed by atoms with Crippen LogP contribution in [0.2, 0.25) is 0 Å². The third-order valence-corrected chi connectivity index (χ3v) is 4.95. The average Bonchev–Trinajstić information content (AvgIpc) is 3.47. The zero-order valence-corrected chi connectivity index (χ0v) is 15.8. The number of halogens is 1. The summed E-state index contributed by atoms with van der Waals surface area (Å²) in [6.45, 7) is 3.43. The van der Waals surface area contributed by atoms with Crippen molar-refractivity contribution in [3.05, 3.63) is 79.2 Å². The van der Waals surface area contributed by atoms with Crippen LogP contribution in [0.1, 0.15) is 12.7 Å². The molecule has 2 aromatic carbocycles. The number of hydrogen-bond donors (Lipinski definition) is 0. The molecule has 7 nitrogen and oxygen atoms in total. The van der Waals surface area contributed by atoms with Gasteiger partial charge >= 0.3 is 0 Å². The van der Waals surface area contributed by atoms with Crippen LogP contribution in [0.15, 0.2) is 67.5 Å². The van der Waals surface area contributed by atoms with Gasteiger partial charge < -0.3 is 9.13 Å². The van der Waals surface area contributed by atoms with Gasteiger partial charge in [-0.15, -0.1) is 10.2 Å². The molecule has 0 N–H and O–H groups in total. The second-order valence-electron chi connectivity index (χ2n) is 6.70. The molecule has 0 bridgehead atoms. The predicted molar refractivity (Wildman–Crippen MR) is 107 cm³/mol. The first-order valence-electron chi connectivity index (χ1n) is 9.34. The van der Waals surface area contributed by atoms with E-state index in [0.717, 1.165) is 34.7 Å². The summed E-state index contributed by atoms with van der Waals surface area (Å²) in [5.74, 6) is 1.35. The first-order valence-corrected chi connectivity index (χ1v) is 9.34. The monoisotopic (exact) mass is 387 g/mol. The van der Waals surface area contributed by atoms with Crippen LogP contribution in [0, 0.1) is 5.82 Å². The van der Waals surface area contributed by atoms with Crippen LogP contribution in [0.5, 0.6) is 0 Å². The molecule has 0 radical (unpaired) electrons. The maximum Gasteiger partial charge on any atom is 0.140 e. The first-order chi connectivity index (χ1) is 14.2. The van der Waals surface area contributed by atoms with E-state index in [-0.39, 0.29) is 5.82 Å². The highest BCUT2D eigenvalue weighted by molar-refractivity contribution is 5.78. The molecule has 0 aliphatic carbocycles.